The predicted molar refractivity (Wildman–Crippen MR) is 69.4 cm³/mol. The highest BCUT2D eigenvalue weighted by Gasteiger charge is 2.40. The van der Waals surface area contributed by atoms with Crippen LogP contribution in [0.5, 0.6) is 0 Å². The van der Waals surface area contributed by atoms with E-state index in [-0.39, 0.29) is 11.5 Å². The van der Waals surface area contributed by atoms with Crippen molar-refractivity contribution in [2.45, 2.75) is 43.6 Å². The molecule has 86 valence electrons. The second-order valence-corrected chi connectivity index (χ2v) is 4.86. The molecule has 1 unspecified atom stereocenters. The monoisotopic (exact) mass is 215 g/mol. The maximum absolute atomic E-state index is 6.39. The van der Waals surface area contributed by atoms with Gasteiger partial charge in [-0.3, -0.25) is 0 Å². The van der Waals surface area contributed by atoms with Crippen molar-refractivity contribution in [3.8, 4) is 0 Å². The van der Waals surface area contributed by atoms with Gasteiger partial charge in [0.05, 0.1) is 0 Å². The molecule has 0 aromatic heterocycles. The summed E-state index contributed by atoms with van der Waals surface area (Å²) in [7, 11) is 0. The smallest absolute Gasteiger partial charge is 0.0171 e. The molecule has 1 saturated carbocycles. The molecule has 1 atom stereocenters. The Labute approximate surface area is 98.4 Å². The van der Waals surface area contributed by atoms with E-state index < -0.39 is 0 Å². The molecule has 1 nitrogen and oxygen atoms in total. The SMILES string of the molecule is C=CCC(N)C1(c2ccccc2)CCCC1. The molecule has 0 heterocycles. The van der Waals surface area contributed by atoms with E-state index in [1.807, 2.05) is 6.08 Å². The van der Waals surface area contributed by atoms with Crippen LogP contribution in [0.2, 0.25) is 0 Å². The molecule has 16 heavy (non-hydrogen) atoms. The van der Waals surface area contributed by atoms with Crippen LogP contribution in [-0.2, 0) is 5.41 Å². The topological polar surface area (TPSA) is 26.0 Å². The fourth-order valence-electron chi connectivity index (χ4n) is 3.05. The first-order valence-electron chi connectivity index (χ1n) is 6.21. The standard InChI is InChI=1S/C15H21N/c1-2-8-14(16)15(11-6-7-12-15)13-9-4-3-5-10-13/h2-5,9-10,14H,1,6-8,11-12,16H2. The van der Waals surface area contributed by atoms with Crippen LogP contribution in [0.25, 0.3) is 0 Å². The highest BCUT2D eigenvalue weighted by atomic mass is 14.7. The zero-order valence-corrected chi connectivity index (χ0v) is 9.86. The van der Waals surface area contributed by atoms with Gasteiger partial charge in [0.1, 0.15) is 0 Å². The molecule has 2 N–H and O–H groups in total. The van der Waals surface area contributed by atoms with Crippen molar-refractivity contribution < 1.29 is 0 Å². The average molecular weight is 215 g/mol. The Kier molecular flexibility index (Phi) is 3.45. The third kappa shape index (κ3) is 1.92. The summed E-state index contributed by atoms with van der Waals surface area (Å²) in [6, 6.07) is 11.0. The Morgan fingerprint density at radius 1 is 1.25 bits per heavy atom. The zero-order valence-electron chi connectivity index (χ0n) is 9.86. The normalized spacial score (nSPS) is 20.6. The van der Waals surface area contributed by atoms with Gasteiger partial charge in [-0.05, 0) is 24.8 Å². The van der Waals surface area contributed by atoms with Crippen LogP contribution in [0.3, 0.4) is 0 Å². The second-order valence-electron chi connectivity index (χ2n) is 4.86. The quantitative estimate of drug-likeness (QED) is 0.765. The molecule has 1 fully saturated rings. The summed E-state index contributed by atoms with van der Waals surface area (Å²) >= 11 is 0. The number of rotatable bonds is 4. The number of hydrogen-bond donors (Lipinski definition) is 1. The van der Waals surface area contributed by atoms with Crippen molar-refractivity contribution in [2.24, 2.45) is 5.73 Å². The van der Waals surface area contributed by atoms with E-state index in [0.717, 1.165) is 6.42 Å². The van der Waals surface area contributed by atoms with E-state index >= 15 is 0 Å². The Hall–Kier alpha value is -1.08. The van der Waals surface area contributed by atoms with Gasteiger partial charge in [-0.15, -0.1) is 6.58 Å². The molecule has 0 saturated heterocycles. The summed E-state index contributed by atoms with van der Waals surface area (Å²) in [4.78, 5) is 0. The van der Waals surface area contributed by atoms with E-state index in [1.54, 1.807) is 0 Å². The van der Waals surface area contributed by atoms with Crippen LogP contribution in [-0.4, -0.2) is 6.04 Å². The highest BCUT2D eigenvalue weighted by Crippen LogP contribution is 2.43. The van der Waals surface area contributed by atoms with Crippen LogP contribution in [0.4, 0.5) is 0 Å². The summed E-state index contributed by atoms with van der Waals surface area (Å²) in [5.41, 5.74) is 8.01. The lowest BCUT2D eigenvalue weighted by Crippen LogP contribution is -2.43. The number of hydrogen-bond acceptors (Lipinski definition) is 1. The Balaban J connectivity index is 2.32. The predicted octanol–water partition coefficient (Wildman–Crippen LogP) is 3.40. The van der Waals surface area contributed by atoms with Crippen LogP contribution in [0.1, 0.15) is 37.7 Å². The molecule has 1 aromatic rings. The second kappa shape index (κ2) is 4.84. The van der Waals surface area contributed by atoms with Gasteiger partial charge in [0, 0.05) is 11.5 Å². The molecule has 2 rings (SSSR count). The Morgan fingerprint density at radius 2 is 1.88 bits per heavy atom. The molecule has 0 aliphatic heterocycles. The van der Waals surface area contributed by atoms with Gasteiger partial charge < -0.3 is 5.73 Å². The molecular formula is C15H21N. The minimum absolute atomic E-state index is 0.204. The third-order valence-corrected chi connectivity index (χ3v) is 3.97. The molecule has 0 amide bonds. The van der Waals surface area contributed by atoms with Gasteiger partial charge in [-0.2, -0.15) is 0 Å². The average Bonchev–Trinajstić information content (AvgIpc) is 2.81. The molecule has 1 heteroatoms. The lowest BCUT2D eigenvalue weighted by atomic mass is 9.72. The van der Waals surface area contributed by atoms with Crippen molar-refractivity contribution in [1.82, 2.24) is 0 Å². The molecule has 0 bridgehead atoms. The molecule has 1 aliphatic carbocycles. The van der Waals surface area contributed by atoms with Crippen LogP contribution in [0, 0.1) is 0 Å². The summed E-state index contributed by atoms with van der Waals surface area (Å²) < 4.78 is 0. The van der Waals surface area contributed by atoms with Crippen molar-refractivity contribution in [1.29, 1.82) is 0 Å². The number of nitrogens with two attached hydrogens (primary N) is 1. The van der Waals surface area contributed by atoms with Gasteiger partial charge >= 0.3 is 0 Å². The summed E-state index contributed by atoms with van der Waals surface area (Å²) in [6.45, 7) is 3.82. The van der Waals surface area contributed by atoms with Gasteiger partial charge in [-0.25, -0.2) is 0 Å². The third-order valence-electron chi connectivity index (χ3n) is 3.97. The van der Waals surface area contributed by atoms with Crippen molar-refractivity contribution in [3.63, 3.8) is 0 Å². The highest BCUT2D eigenvalue weighted by molar-refractivity contribution is 5.29. The van der Waals surface area contributed by atoms with Gasteiger partial charge in [0.25, 0.3) is 0 Å². The van der Waals surface area contributed by atoms with Crippen LogP contribution >= 0.6 is 0 Å². The van der Waals surface area contributed by atoms with Crippen molar-refractivity contribution in [2.75, 3.05) is 0 Å². The Morgan fingerprint density at radius 3 is 2.44 bits per heavy atom. The first-order chi connectivity index (χ1) is 7.79. The van der Waals surface area contributed by atoms with E-state index in [2.05, 4.69) is 36.9 Å². The van der Waals surface area contributed by atoms with Crippen molar-refractivity contribution >= 4 is 0 Å². The van der Waals surface area contributed by atoms with Gasteiger partial charge in [0.2, 0.25) is 0 Å². The maximum atomic E-state index is 6.39. The number of benzene rings is 1. The summed E-state index contributed by atoms with van der Waals surface area (Å²) in [5.74, 6) is 0. The molecule has 1 aliphatic rings. The van der Waals surface area contributed by atoms with E-state index in [0.29, 0.717) is 0 Å². The van der Waals surface area contributed by atoms with Crippen LogP contribution in [0.15, 0.2) is 43.0 Å². The molecule has 0 radical (unpaired) electrons. The first kappa shape index (κ1) is 11.4. The molecule has 0 spiro atoms. The fourth-order valence-corrected chi connectivity index (χ4v) is 3.05. The molecular weight excluding hydrogens is 194 g/mol. The lowest BCUT2D eigenvalue weighted by Gasteiger charge is -2.35. The lowest BCUT2D eigenvalue weighted by molar-refractivity contribution is 0.351. The van der Waals surface area contributed by atoms with E-state index in [1.165, 1.54) is 31.2 Å². The Bertz CT molecular complexity index is 336. The van der Waals surface area contributed by atoms with E-state index in [9.17, 15) is 0 Å². The van der Waals surface area contributed by atoms with Crippen molar-refractivity contribution in [3.05, 3.63) is 48.6 Å². The zero-order chi connectivity index (χ0) is 11.4. The minimum Gasteiger partial charge on any atom is -0.327 e. The first-order valence-corrected chi connectivity index (χ1v) is 6.21. The fraction of sp³-hybridized carbons (Fsp3) is 0.467. The van der Waals surface area contributed by atoms with Gasteiger partial charge in [0.15, 0.2) is 0 Å². The van der Waals surface area contributed by atoms with Gasteiger partial charge in [-0.1, -0.05) is 49.2 Å². The largest absolute Gasteiger partial charge is 0.327 e. The van der Waals surface area contributed by atoms with E-state index in [4.69, 9.17) is 5.73 Å². The maximum Gasteiger partial charge on any atom is 0.0171 e. The molecule has 1 aromatic carbocycles. The summed E-state index contributed by atoms with van der Waals surface area (Å²) in [6.07, 6.45) is 7.93. The van der Waals surface area contributed by atoms with Crippen LogP contribution < -0.4 is 5.73 Å². The minimum atomic E-state index is 0.204. The summed E-state index contributed by atoms with van der Waals surface area (Å²) in [5, 5.41) is 0.